The average molecular weight is 463 g/mol. The summed E-state index contributed by atoms with van der Waals surface area (Å²) in [5.41, 5.74) is 5.92. The number of benzene rings is 1. The Morgan fingerprint density at radius 3 is 2.66 bits per heavy atom. The molecule has 0 fully saturated rings. The number of aromatic amines is 1. The Hall–Kier alpha value is -3.25. The van der Waals surface area contributed by atoms with E-state index in [1.54, 1.807) is 13.8 Å². The van der Waals surface area contributed by atoms with Crippen molar-refractivity contribution in [3.05, 3.63) is 40.1 Å². The minimum atomic E-state index is -4.02. The van der Waals surface area contributed by atoms with Gasteiger partial charge in [0.15, 0.2) is 11.3 Å². The molecule has 3 N–H and O–H groups in total. The molecule has 0 saturated carbocycles. The molecule has 3 aromatic rings. The standard InChI is InChI=1S/C20H26N6O5S/c1-5-7-17-22-12(3)18-20(28)23-19(24-26(17)18)14-10-13(8-9-15(14)31-6-2)32(29,30)25(4)11-16(21)27/h8-10H,5-7,11H2,1-4H3,(H2,21,27)(H,23,24,28). The SMILES string of the molecule is CCCc1nc(C)c2c(=O)[nH]c(-c3cc(S(=O)(=O)N(C)CC(N)=O)ccc3OCC)nn12. The number of imidazole rings is 1. The number of hydrogen-bond donors (Lipinski definition) is 2. The Kier molecular flexibility index (Phi) is 6.65. The molecule has 2 aromatic heterocycles. The predicted molar refractivity (Wildman–Crippen MR) is 118 cm³/mol. The number of likely N-dealkylation sites (N-methyl/N-ethyl adjacent to an activating group) is 1. The van der Waals surface area contributed by atoms with Crippen LogP contribution < -0.4 is 16.0 Å². The minimum absolute atomic E-state index is 0.0990. The molecule has 1 amide bonds. The van der Waals surface area contributed by atoms with Crippen molar-refractivity contribution in [3.63, 3.8) is 0 Å². The van der Waals surface area contributed by atoms with Crippen LogP contribution in [0.15, 0.2) is 27.9 Å². The van der Waals surface area contributed by atoms with E-state index in [2.05, 4.69) is 15.1 Å². The summed E-state index contributed by atoms with van der Waals surface area (Å²) < 4.78 is 33.8. The first-order valence-corrected chi connectivity index (χ1v) is 11.5. The number of nitrogens with two attached hydrogens (primary N) is 1. The van der Waals surface area contributed by atoms with Gasteiger partial charge in [-0.1, -0.05) is 6.92 Å². The number of sulfonamides is 1. The molecule has 12 heteroatoms. The van der Waals surface area contributed by atoms with Gasteiger partial charge < -0.3 is 15.5 Å². The number of hydrogen-bond acceptors (Lipinski definition) is 7. The van der Waals surface area contributed by atoms with Gasteiger partial charge in [-0.05, 0) is 38.5 Å². The van der Waals surface area contributed by atoms with E-state index in [0.717, 1.165) is 10.7 Å². The van der Waals surface area contributed by atoms with Crippen LogP contribution in [-0.2, 0) is 21.2 Å². The lowest BCUT2D eigenvalue weighted by atomic mass is 10.2. The fraction of sp³-hybridized carbons (Fsp3) is 0.400. The molecular weight excluding hydrogens is 436 g/mol. The first-order valence-electron chi connectivity index (χ1n) is 10.1. The third-order valence-electron chi connectivity index (χ3n) is 4.81. The molecule has 11 nitrogen and oxygen atoms in total. The van der Waals surface area contributed by atoms with Gasteiger partial charge in [0, 0.05) is 13.5 Å². The van der Waals surface area contributed by atoms with Crippen molar-refractivity contribution >= 4 is 21.4 Å². The number of rotatable bonds is 9. The van der Waals surface area contributed by atoms with Crippen LogP contribution >= 0.6 is 0 Å². The van der Waals surface area contributed by atoms with E-state index in [1.807, 2.05) is 6.92 Å². The summed E-state index contributed by atoms with van der Waals surface area (Å²) in [5.74, 6) is 0.337. The Balaban J connectivity index is 2.23. The summed E-state index contributed by atoms with van der Waals surface area (Å²) in [6, 6.07) is 4.20. The van der Waals surface area contributed by atoms with Gasteiger partial charge in [0.1, 0.15) is 11.6 Å². The minimum Gasteiger partial charge on any atom is -0.493 e. The largest absolute Gasteiger partial charge is 0.493 e. The monoisotopic (exact) mass is 462 g/mol. The second-order valence-electron chi connectivity index (χ2n) is 7.24. The van der Waals surface area contributed by atoms with Gasteiger partial charge in [0.25, 0.3) is 5.56 Å². The first-order chi connectivity index (χ1) is 15.1. The highest BCUT2D eigenvalue weighted by atomic mass is 32.2. The van der Waals surface area contributed by atoms with E-state index in [4.69, 9.17) is 10.5 Å². The van der Waals surface area contributed by atoms with E-state index in [1.165, 1.54) is 29.8 Å². The van der Waals surface area contributed by atoms with Crippen molar-refractivity contribution < 1.29 is 17.9 Å². The Labute approximate surface area is 185 Å². The van der Waals surface area contributed by atoms with Crippen molar-refractivity contribution in [2.24, 2.45) is 5.73 Å². The van der Waals surface area contributed by atoms with Gasteiger partial charge in [-0.3, -0.25) is 9.59 Å². The Morgan fingerprint density at radius 2 is 2.03 bits per heavy atom. The first kappa shape index (κ1) is 23.4. The van der Waals surface area contributed by atoms with Crippen molar-refractivity contribution in [3.8, 4) is 17.1 Å². The maximum absolute atomic E-state index is 12.9. The quantitative estimate of drug-likeness (QED) is 0.478. The van der Waals surface area contributed by atoms with Crippen molar-refractivity contribution in [1.82, 2.24) is 23.9 Å². The molecule has 1 aromatic carbocycles. The van der Waals surface area contributed by atoms with Crippen LogP contribution in [0.3, 0.4) is 0 Å². The highest BCUT2D eigenvalue weighted by molar-refractivity contribution is 7.89. The summed E-state index contributed by atoms with van der Waals surface area (Å²) in [6.45, 7) is 5.36. The summed E-state index contributed by atoms with van der Waals surface area (Å²) in [4.78, 5) is 31.1. The van der Waals surface area contributed by atoms with E-state index >= 15 is 0 Å². The molecule has 0 aliphatic heterocycles. The number of amides is 1. The summed E-state index contributed by atoms with van der Waals surface area (Å²) >= 11 is 0. The second kappa shape index (κ2) is 9.09. The van der Waals surface area contributed by atoms with E-state index < -0.39 is 28.0 Å². The highest BCUT2D eigenvalue weighted by Gasteiger charge is 2.25. The molecule has 0 atom stereocenters. The van der Waals surface area contributed by atoms with Crippen LogP contribution in [-0.4, -0.2) is 58.4 Å². The van der Waals surface area contributed by atoms with Gasteiger partial charge in [-0.25, -0.2) is 17.9 Å². The summed E-state index contributed by atoms with van der Waals surface area (Å²) in [7, 11) is -2.77. The molecule has 0 saturated heterocycles. The van der Waals surface area contributed by atoms with Crippen LogP contribution in [0, 0.1) is 6.92 Å². The third-order valence-corrected chi connectivity index (χ3v) is 6.61. The van der Waals surface area contributed by atoms with E-state index in [0.29, 0.717) is 35.8 Å². The molecule has 2 heterocycles. The zero-order valence-electron chi connectivity index (χ0n) is 18.4. The second-order valence-corrected chi connectivity index (χ2v) is 9.29. The molecule has 0 spiro atoms. The number of nitrogens with one attached hydrogen (secondary N) is 1. The smallest absolute Gasteiger partial charge is 0.277 e. The molecular formula is C20H26N6O5S. The van der Waals surface area contributed by atoms with Gasteiger partial charge >= 0.3 is 0 Å². The van der Waals surface area contributed by atoms with Gasteiger partial charge in [-0.2, -0.15) is 4.31 Å². The van der Waals surface area contributed by atoms with Crippen molar-refractivity contribution in [1.29, 1.82) is 0 Å². The third kappa shape index (κ3) is 4.36. The Morgan fingerprint density at radius 1 is 1.31 bits per heavy atom. The zero-order chi connectivity index (χ0) is 23.6. The lowest BCUT2D eigenvalue weighted by Crippen LogP contribution is -2.35. The number of ether oxygens (including phenoxy) is 1. The van der Waals surface area contributed by atoms with Crippen LogP contribution in [0.4, 0.5) is 0 Å². The molecule has 0 aliphatic rings. The molecule has 0 radical (unpaired) electrons. The lowest BCUT2D eigenvalue weighted by Gasteiger charge is -2.17. The van der Waals surface area contributed by atoms with Gasteiger partial charge in [-0.15, -0.1) is 5.10 Å². The fourth-order valence-corrected chi connectivity index (χ4v) is 4.53. The van der Waals surface area contributed by atoms with Gasteiger partial charge in [0.05, 0.1) is 29.3 Å². The van der Waals surface area contributed by atoms with Crippen molar-refractivity contribution in [2.45, 2.75) is 38.5 Å². The average Bonchev–Trinajstić information content (AvgIpc) is 3.04. The summed E-state index contributed by atoms with van der Waals surface area (Å²) in [6.07, 6.45) is 1.43. The maximum atomic E-state index is 12.9. The van der Waals surface area contributed by atoms with E-state index in [-0.39, 0.29) is 16.3 Å². The fourth-order valence-electron chi connectivity index (χ4n) is 3.36. The number of aromatic nitrogens is 4. The molecule has 3 rings (SSSR count). The molecule has 0 aliphatic carbocycles. The number of primary amides is 1. The lowest BCUT2D eigenvalue weighted by molar-refractivity contribution is -0.118. The molecule has 172 valence electrons. The van der Waals surface area contributed by atoms with Crippen LogP contribution in [0.1, 0.15) is 31.8 Å². The number of carbonyl (C=O) groups excluding carboxylic acids is 1. The van der Waals surface area contributed by atoms with E-state index in [9.17, 15) is 18.0 Å². The number of H-pyrrole nitrogens is 1. The maximum Gasteiger partial charge on any atom is 0.277 e. The van der Waals surface area contributed by atoms with Gasteiger partial charge in [0.2, 0.25) is 15.9 Å². The number of carbonyl (C=O) groups is 1. The predicted octanol–water partition coefficient (Wildman–Crippen LogP) is 0.850. The number of nitrogens with zero attached hydrogens (tertiary/aromatic N) is 4. The normalized spacial score (nSPS) is 11.9. The highest BCUT2D eigenvalue weighted by Crippen LogP contribution is 2.31. The number of fused-ring (bicyclic) bond motifs is 1. The zero-order valence-corrected chi connectivity index (χ0v) is 19.2. The number of aryl methyl sites for hydroxylation is 2. The molecule has 0 unspecified atom stereocenters. The molecule has 32 heavy (non-hydrogen) atoms. The van der Waals surface area contributed by atoms with Crippen LogP contribution in [0.2, 0.25) is 0 Å². The topological polar surface area (TPSA) is 153 Å². The van der Waals surface area contributed by atoms with Crippen LogP contribution in [0.25, 0.3) is 16.9 Å². The summed E-state index contributed by atoms with van der Waals surface area (Å²) in [5, 5.41) is 4.54. The van der Waals surface area contributed by atoms with Crippen molar-refractivity contribution in [2.75, 3.05) is 20.2 Å². The van der Waals surface area contributed by atoms with Crippen LogP contribution in [0.5, 0.6) is 5.75 Å². The molecule has 0 bridgehead atoms. The Bertz CT molecular complexity index is 1330.